The van der Waals surface area contributed by atoms with Crippen LogP contribution in [0.1, 0.15) is 27.7 Å². The lowest BCUT2D eigenvalue weighted by atomic mass is 10.1. The number of amides is 1. The van der Waals surface area contributed by atoms with E-state index < -0.39 is 18.0 Å². The van der Waals surface area contributed by atoms with Crippen molar-refractivity contribution in [3.63, 3.8) is 0 Å². The third kappa shape index (κ3) is 9.48. The molecular weight excluding hydrogens is 278 g/mol. The van der Waals surface area contributed by atoms with Gasteiger partial charge in [-0.15, -0.1) is 0 Å². The molecule has 7 nitrogen and oxygen atoms in total. The van der Waals surface area contributed by atoms with Crippen LogP contribution in [0.2, 0.25) is 0 Å². The first-order valence-electron chi connectivity index (χ1n) is 6.85. The average molecular weight is 301 g/mol. The molecular formula is C14H23NO6. The van der Waals surface area contributed by atoms with E-state index in [1.165, 1.54) is 0 Å². The summed E-state index contributed by atoms with van der Waals surface area (Å²) in [6.45, 7) is 7.60. The molecule has 0 aromatic heterocycles. The largest absolute Gasteiger partial charge is 0.463 e. The zero-order chi connectivity index (χ0) is 16.3. The molecule has 0 aromatic carbocycles. The minimum absolute atomic E-state index is 0.0114. The minimum atomic E-state index is -0.681. The lowest BCUT2D eigenvalue weighted by Gasteiger charge is -2.21. The van der Waals surface area contributed by atoms with Crippen LogP contribution in [0.25, 0.3) is 0 Å². The Morgan fingerprint density at radius 3 is 1.95 bits per heavy atom. The van der Waals surface area contributed by atoms with Crippen LogP contribution in [-0.2, 0) is 23.8 Å². The molecule has 0 rings (SSSR count). The van der Waals surface area contributed by atoms with Crippen molar-refractivity contribution in [3.8, 4) is 0 Å². The van der Waals surface area contributed by atoms with Gasteiger partial charge in [0.25, 0.3) is 0 Å². The number of esters is 2. The quantitative estimate of drug-likeness (QED) is 0.414. The highest BCUT2D eigenvalue weighted by Crippen LogP contribution is 2.03. The van der Waals surface area contributed by atoms with Crippen LogP contribution >= 0.6 is 0 Å². The molecule has 0 spiro atoms. The smallest absolute Gasteiger partial charge is 0.407 e. The molecule has 0 saturated carbocycles. The summed E-state index contributed by atoms with van der Waals surface area (Å²) < 4.78 is 14.4. The summed E-state index contributed by atoms with van der Waals surface area (Å²) >= 11 is 0. The zero-order valence-electron chi connectivity index (χ0n) is 12.9. The minimum Gasteiger partial charge on any atom is -0.463 e. The Morgan fingerprint density at radius 1 is 0.952 bits per heavy atom. The fourth-order valence-corrected chi connectivity index (χ4v) is 1.27. The summed E-state index contributed by atoms with van der Waals surface area (Å²) in [4.78, 5) is 33.8. The van der Waals surface area contributed by atoms with Gasteiger partial charge in [-0.25, -0.2) is 14.4 Å². The number of hydrogen-bond donors (Lipinski definition) is 1. The van der Waals surface area contributed by atoms with Gasteiger partial charge in [0.2, 0.25) is 0 Å². The molecule has 0 aliphatic carbocycles. The predicted octanol–water partition coefficient (Wildman–Crippen LogP) is 1.42. The van der Waals surface area contributed by atoms with E-state index in [4.69, 9.17) is 9.47 Å². The van der Waals surface area contributed by atoms with Crippen molar-refractivity contribution in [1.29, 1.82) is 0 Å². The van der Waals surface area contributed by atoms with Gasteiger partial charge in [0.1, 0.15) is 6.61 Å². The monoisotopic (exact) mass is 301 g/mol. The average Bonchev–Trinajstić information content (AvgIpc) is 2.41. The van der Waals surface area contributed by atoms with Gasteiger partial charge in [0.15, 0.2) is 0 Å². The summed E-state index contributed by atoms with van der Waals surface area (Å²) in [5, 5.41) is 2.60. The molecule has 0 aromatic rings. The van der Waals surface area contributed by atoms with Gasteiger partial charge in [-0.1, -0.05) is 13.8 Å². The first-order valence-corrected chi connectivity index (χ1v) is 6.85. The molecule has 1 N–H and O–H groups in total. The van der Waals surface area contributed by atoms with E-state index in [9.17, 15) is 14.4 Å². The molecule has 1 amide bonds. The second kappa shape index (κ2) is 10.7. The van der Waals surface area contributed by atoms with E-state index >= 15 is 0 Å². The maximum absolute atomic E-state index is 11.4. The predicted molar refractivity (Wildman–Crippen MR) is 75.5 cm³/mol. The highest BCUT2D eigenvalue weighted by molar-refractivity contribution is 5.91. The van der Waals surface area contributed by atoms with Crippen LogP contribution in [0, 0.1) is 5.92 Å². The Balaban J connectivity index is 4.26. The fraction of sp³-hybridized carbons (Fsp3) is 0.643. The first kappa shape index (κ1) is 18.9. The second-order valence-electron chi connectivity index (χ2n) is 4.43. The molecule has 0 aliphatic heterocycles. The van der Waals surface area contributed by atoms with Crippen molar-refractivity contribution >= 4 is 18.0 Å². The molecule has 0 fully saturated rings. The number of ether oxygens (including phenoxy) is 3. The van der Waals surface area contributed by atoms with Gasteiger partial charge in [-0.2, -0.15) is 0 Å². The Hall–Kier alpha value is -2.05. The van der Waals surface area contributed by atoms with Crippen molar-refractivity contribution in [2.45, 2.75) is 33.7 Å². The van der Waals surface area contributed by atoms with E-state index in [1.807, 2.05) is 13.8 Å². The van der Waals surface area contributed by atoms with Crippen LogP contribution in [0.4, 0.5) is 4.79 Å². The Morgan fingerprint density at radius 2 is 1.48 bits per heavy atom. The summed E-state index contributed by atoms with van der Waals surface area (Å²) in [5.74, 6) is -1.24. The number of nitrogens with one attached hydrogen (secondary N) is 1. The standard InChI is InChI=1S/C14H23NO6/c1-5-19-12(16)7-8-13(17)21-9-11(10(3)4)15-14(18)20-6-2/h7-8,10-11H,5-6,9H2,1-4H3,(H,15,18). The van der Waals surface area contributed by atoms with Gasteiger partial charge in [-0.3, -0.25) is 0 Å². The van der Waals surface area contributed by atoms with Crippen LogP contribution in [0.15, 0.2) is 12.2 Å². The summed E-state index contributed by atoms with van der Waals surface area (Å²) in [6.07, 6.45) is 1.42. The highest BCUT2D eigenvalue weighted by atomic mass is 16.6. The SMILES string of the molecule is CCOC(=O)C=CC(=O)OCC(NC(=O)OCC)C(C)C. The third-order valence-electron chi connectivity index (χ3n) is 2.43. The summed E-state index contributed by atoms with van der Waals surface area (Å²) in [6, 6.07) is -0.371. The maximum Gasteiger partial charge on any atom is 0.407 e. The van der Waals surface area contributed by atoms with E-state index in [0.29, 0.717) is 0 Å². The number of carbonyl (C=O) groups excluding carboxylic acids is 3. The molecule has 0 aliphatic rings. The topological polar surface area (TPSA) is 90.9 Å². The molecule has 0 bridgehead atoms. The second-order valence-corrected chi connectivity index (χ2v) is 4.43. The van der Waals surface area contributed by atoms with Gasteiger partial charge < -0.3 is 19.5 Å². The van der Waals surface area contributed by atoms with Crippen LogP contribution in [0.3, 0.4) is 0 Å². The number of carbonyl (C=O) groups is 3. The van der Waals surface area contributed by atoms with Crippen molar-refractivity contribution in [3.05, 3.63) is 12.2 Å². The molecule has 120 valence electrons. The lowest BCUT2D eigenvalue weighted by molar-refractivity contribution is -0.140. The zero-order valence-corrected chi connectivity index (χ0v) is 12.9. The summed E-state index contributed by atoms with van der Waals surface area (Å²) in [5.41, 5.74) is 0. The van der Waals surface area contributed by atoms with Gasteiger partial charge >= 0.3 is 18.0 Å². The van der Waals surface area contributed by atoms with Crippen molar-refractivity contribution in [2.24, 2.45) is 5.92 Å². The molecule has 0 radical (unpaired) electrons. The van der Waals surface area contributed by atoms with Gasteiger partial charge in [0.05, 0.1) is 19.3 Å². The molecule has 21 heavy (non-hydrogen) atoms. The van der Waals surface area contributed by atoms with Gasteiger partial charge in [-0.05, 0) is 19.8 Å². The summed E-state index contributed by atoms with van der Waals surface area (Å²) in [7, 11) is 0. The van der Waals surface area contributed by atoms with Crippen molar-refractivity contribution < 1.29 is 28.6 Å². The molecule has 1 unspecified atom stereocenters. The molecule has 0 heterocycles. The Labute approximate surface area is 124 Å². The van der Waals surface area contributed by atoms with Crippen LogP contribution < -0.4 is 5.32 Å². The van der Waals surface area contributed by atoms with Crippen LogP contribution in [-0.4, -0.2) is 43.9 Å². The van der Waals surface area contributed by atoms with Crippen LogP contribution in [0.5, 0.6) is 0 Å². The number of hydrogen-bond acceptors (Lipinski definition) is 6. The number of alkyl carbamates (subject to hydrolysis) is 1. The molecule has 1 atom stereocenters. The van der Waals surface area contributed by atoms with E-state index in [-0.39, 0.29) is 31.8 Å². The van der Waals surface area contributed by atoms with Gasteiger partial charge in [0, 0.05) is 12.2 Å². The van der Waals surface area contributed by atoms with Crippen molar-refractivity contribution in [1.82, 2.24) is 5.32 Å². The maximum atomic E-state index is 11.4. The Bertz CT molecular complexity index is 378. The number of rotatable bonds is 8. The normalized spacial score (nSPS) is 12.0. The molecule has 0 saturated heterocycles. The van der Waals surface area contributed by atoms with E-state index in [0.717, 1.165) is 12.2 Å². The Kier molecular flexibility index (Phi) is 9.66. The highest BCUT2D eigenvalue weighted by Gasteiger charge is 2.18. The third-order valence-corrected chi connectivity index (χ3v) is 2.43. The molecule has 7 heteroatoms. The first-order chi connectivity index (χ1) is 9.90. The lowest BCUT2D eigenvalue weighted by Crippen LogP contribution is -2.42. The fourth-order valence-electron chi connectivity index (χ4n) is 1.27. The van der Waals surface area contributed by atoms with E-state index in [2.05, 4.69) is 10.1 Å². The van der Waals surface area contributed by atoms with Crippen molar-refractivity contribution in [2.75, 3.05) is 19.8 Å². The van der Waals surface area contributed by atoms with E-state index in [1.54, 1.807) is 13.8 Å².